The molecule has 0 radical (unpaired) electrons. The van der Waals surface area contributed by atoms with Gasteiger partial charge in [-0.25, -0.2) is 13.4 Å². The van der Waals surface area contributed by atoms with Gasteiger partial charge in [0.1, 0.15) is 22.5 Å². The first-order valence-electron chi connectivity index (χ1n) is 6.29. The molecule has 0 saturated carbocycles. The minimum atomic E-state index is -2.89. The Morgan fingerprint density at radius 2 is 2.22 bits per heavy atom. The Balaban J connectivity index is 1.93. The van der Waals surface area contributed by atoms with Crippen molar-refractivity contribution in [1.82, 2.24) is 19.7 Å². The third kappa shape index (κ3) is 4.06. The summed E-state index contributed by atoms with van der Waals surface area (Å²) in [6, 6.07) is 0.377. The quantitative estimate of drug-likeness (QED) is 0.764. The molecule has 102 valence electrons. The zero-order chi connectivity index (χ0) is 13.0. The van der Waals surface area contributed by atoms with Gasteiger partial charge in [-0.2, -0.15) is 5.10 Å². The summed E-state index contributed by atoms with van der Waals surface area (Å²) in [7, 11) is -2.89. The minimum Gasteiger partial charge on any atom is -0.298 e. The van der Waals surface area contributed by atoms with Crippen molar-refractivity contribution in [3.63, 3.8) is 0 Å². The van der Waals surface area contributed by atoms with Gasteiger partial charge >= 0.3 is 0 Å². The summed E-state index contributed by atoms with van der Waals surface area (Å²) >= 11 is 0. The van der Waals surface area contributed by atoms with Crippen molar-refractivity contribution in [2.24, 2.45) is 0 Å². The second-order valence-electron chi connectivity index (χ2n) is 4.93. The second-order valence-corrected chi connectivity index (χ2v) is 7.19. The highest BCUT2D eigenvalue weighted by Gasteiger charge is 2.23. The van der Waals surface area contributed by atoms with E-state index in [2.05, 4.69) is 15.0 Å². The Bertz CT molecular complexity index is 457. The molecule has 0 amide bonds. The molecular formula is C11H20N4O2S. The normalized spacial score (nSPS) is 22.2. The van der Waals surface area contributed by atoms with E-state index >= 15 is 0 Å². The van der Waals surface area contributed by atoms with E-state index in [0.717, 1.165) is 25.9 Å². The molecular weight excluding hydrogens is 252 g/mol. The fourth-order valence-electron chi connectivity index (χ4n) is 2.39. The third-order valence-corrected chi connectivity index (χ3v) is 4.29. The monoisotopic (exact) mass is 272 g/mol. The van der Waals surface area contributed by atoms with Crippen LogP contribution in [0.25, 0.3) is 0 Å². The van der Waals surface area contributed by atoms with E-state index in [0.29, 0.717) is 12.6 Å². The van der Waals surface area contributed by atoms with Crippen LogP contribution < -0.4 is 0 Å². The molecule has 1 unspecified atom stereocenters. The fraction of sp³-hybridized carbons (Fsp3) is 0.818. The lowest BCUT2D eigenvalue weighted by atomic mass is 10.0. The molecule has 6 nitrogen and oxygen atoms in total. The zero-order valence-electron chi connectivity index (χ0n) is 10.7. The largest absolute Gasteiger partial charge is 0.298 e. The first-order chi connectivity index (χ1) is 8.54. The van der Waals surface area contributed by atoms with Gasteiger partial charge in [-0.05, 0) is 19.4 Å². The molecule has 1 fully saturated rings. The molecule has 2 heterocycles. The number of sulfone groups is 1. The van der Waals surface area contributed by atoms with E-state index in [4.69, 9.17) is 0 Å². The van der Waals surface area contributed by atoms with Crippen LogP contribution >= 0.6 is 0 Å². The molecule has 1 aliphatic rings. The first-order valence-corrected chi connectivity index (χ1v) is 8.35. The van der Waals surface area contributed by atoms with Crippen molar-refractivity contribution in [3.05, 3.63) is 12.7 Å². The molecule has 0 aliphatic carbocycles. The summed E-state index contributed by atoms with van der Waals surface area (Å²) < 4.78 is 24.3. The van der Waals surface area contributed by atoms with E-state index < -0.39 is 9.84 Å². The molecule has 18 heavy (non-hydrogen) atoms. The maximum atomic E-state index is 11.2. The van der Waals surface area contributed by atoms with E-state index in [9.17, 15) is 8.42 Å². The number of hydrogen-bond donors (Lipinski definition) is 0. The molecule has 0 N–H and O–H groups in total. The van der Waals surface area contributed by atoms with Gasteiger partial charge in [0.2, 0.25) is 0 Å². The molecule has 0 bridgehead atoms. The van der Waals surface area contributed by atoms with Crippen molar-refractivity contribution in [2.75, 3.05) is 25.1 Å². The van der Waals surface area contributed by atoms with Gasteiger partial charge in [0.15, 0.2) is 0 Å². The molecule has 7 heteroatoms. The highest BCUT2D eigenvalue weighted by Crippen LogP contribution is 2.18. The standard InChI is InChI=1S/C11H20N4O2S/c1-18(16,17)7-6-14-5-3-2-4-11(14)8-15-10-12-9-13-15/h9-11H,2-8H2,1H3. The van der Waals surface area contributed by atoms with Gasteiger partial charge in [-0.3, -0.25) is 9.58 Å². The number of nitrogens with zero attached hydrogens (tertiary/aromatic N) is 4. The van der Waals surface area contributed by atoms with E-state index in [1.54, 1.807) is 6.33 Å². The van der Waals surface area contributed by atoms with Crippen molar-refractivity contribution in [3.8, 4) is 0 Å². The van der Waals surface area contributed by atoms with Gasteiger partial charge in [0, 0.05) is 18.8 Å². The molecule has 2 rings (SSSR count). The van der Waals surface area contributed by atoms with Gasteiger partial charge in [0.05, 0.1) is 12.3 Å². The van der Waals surface area contributed by atoms with Crippen LogP contribution in [0.3, 0.4) is 0 Å². The summed E-state index contributed by atoms with van der Waals surface area (Å²) in [6.07, 6.45) is 7.99. The lowest BCUT2D eigenvalue weighted by Crippen LogP contribution is -2.44. The van der Waals surface area contributed by atoms with Crippen LogP contribution in [0.2, 0.25) is 0 Å². The van der Waals surface area contributed by atoms with Gasteiger partial charge in [-0.1, -0.05) is 6.42 Å². The lowest BCUT2D eigenvalue weighted by molar-refractivity contribution is 0.137. The molecule has 1 saturated heterocycles. The summed E-state index contributed by atoms with van der Waals surface area (Å²) in [6.45, 7) is 2.40. The molecule has 1 atom stereocenters. The number of piperidine rings is 1. The Morgan fingerprint density at radius 1 is 1.39 bits per heavy atom. The zero-order valence-corrected chi connectivity index (χ0v) is 11.5. The Hall–Kier alpha value is -0.950. The number of likely N-dealkylation sites (tertiary alicyclic amines) is 1. The van der Waals surface area contributed by atoms with Crippen molar-refractivity contribution < 1.29 is 8.42 Å². The van der Waals surface area contributed by atoms with Crippen LogP contribution in [0.4, 0.5) is 0 Å². The maximum absolute atomic E-state index is 11.2. The predicted molar refractivity (Wildman–Crippen MR) is 68.9 cm³/mol. The number of hydrogen-bond acceptors (Lipinski definition) is 5. The molecule has 1 aromatic heterocycles. The molecule has 0 aromatic carbocycles. The van der Waals surface area contributed by atoms with Crippen LogP contribution in [-0.4, -0.2) is 59.2 Å². The topological polar surface area (TPSA) is 68.1 Å². The number of rotatable bonds is 5. The second kappa shape index (κ2) is 5.79. The highest BCUT2D eigenvalue weighted by atomic mass is 32.2. The SMILES string of the molecule is CS(=O)(=O)CCN1CCCCC1Cn1cncn1. The van der Waals surface area contributed by atoms with Crippen molar-refractivity contribution in [1.29, 1.82) is 0 Å². The lowest BCUT2D eigenvalue weighted by Gasteiger charge is -2.35. The third-order valence-electron chi connectivity index (χ3n) is 3.36. The molecule has 0 spiro atoms. The smallest absolute Gasteiger partial charge is 0.148 e. The summed E-state index contributed by atoms with van der Waals surface area (Å²) in [4.78, 5) is 6.21. The highest BCUT2D eigenvalue weighted by molar-refractivity contribution is 7.90. The average Bonchev–Trinajstić information content (AvgIpc) is 2.80. The summed E-state index contributed by atoms with van der Waals surface area (Å²) in [5, 5.41) is 4.11. The van der Waals surface area contributed by atoms with E-state index in [1.165, 1.54) is 19.0 Å². The first kappa shape index (κ1) is 13.5. The van der Waals surface area contributed by atoms with Crippen LogP contribution in [0.1, 0.15) is 19.3 Å². The Labute approximate surface area is 108 Å². The Morgan fingerprint density at radius 3 is 2.89 bits per heavy atom. The van der Waals surface area contributed by atoms with E-state index in [-0.39, 0.29) is 5.75 Å². The van der Waals surface area contributed by atoms with Crippen molar-refractivity contribution >= 4 is 9.84 Å². The van der Waals surface area contributed by atoms with Gasteiger partial charge in [0.25, 0.3) is 0 Å². The van der Waals surface area contributed by atoms with Gasteiger partial charge < -0.3 is 0 Å². The van der Waals surface area contributed by atoms with E-state index in [1.807, 2.05) is 4.68 Å². The summed E-state index contributed by atoms with van der Waals surface area (Å²) in [5.41, 5.74) is 0. The average molecular weight is 272 g/mol. The maximum Gasteiger partial charge on any atom is 0.148 e. The van der Waals surface area contributed by atoms with Crippen molar-refractivity contribution in [2.45, 2.75) is 31.8 Å². The van der Waals surface area contributed by atoms with Crippen LogP contribution in [0.5, 0.6) is 0 Å². The van der Waals surface area contributed by atoms with Crippen LogP contribution in [0, 0.1) is 0 Å². The predicted octanol–water partition coefficient (Wildman–Crippen LogP) is 0.177. The number of aromatic nitrogens is 3. The van der Waals surface area contributed by atoms with Crippen LogP contribution in [-0.2, 0) is 16.4 Å². The fourth-order valence-corrected chi connectivity index (χ4v) is 2.95. The molecule has 1 aliphatic heterocycles. The van der Waals surface area contributed by atoms with Crippen LogP contribution in [0.15, 0.2) is 12.7 Å². The minimum absolute atomic E-state index is 0.237. The summed E-state index contributed by atoms with van der Waals surface area (Å²) in [5.74, 6) is 0.237. The van der Waals surface area contributed by atoms with Gasteiger partial charge in [-0.15, -0.1) is 0 Å². The Kier molecular flexibility index (Phi) is 4.34. The molecule has 1 aromatic rings.